The molecule has 0 saturated carbocycles. The molecular formula is C35H26I2N2O3S. The minimum absolute atomic E-state index is 0.0437. The van der Waals surface area contributed by atoms with Crippen molar-refractivity contribution in [2.24, 2.45) is 4.99 Å². The molecule has 5 nitrogen and oxygen atoms in total. The van der Waals surface area contributed by atoms with E-state index in [0.717, 1.165) is 59.4 Å². The number of halogens is 2. The maximum Gasteiger partial charge on any atom is 0.271 e. The van der Waals surface area contributed by atoms with Crippen LogP contribution in [0.5, 0.6) is 11.5 Å². The fourth-order valence-electron chi connectivity index (χ4n) is 5.82. The van der Waals surface area contributed by atoms with Crippen LogP contribution in [0.3, 0.4) is 0 Å². The summed E-state index contributed by atoms with van der Waals surface area (Å²) in [7, 11) is 1.67. The Kier molecular flexibility index (Phi) is 8.00. The van der Waals surface area contributed by atoms with Crippen molar-refractivity contribution in [2.45, 2.75) is 25.5 Å². The monoisotopic (exact) mass is 808 g/mol. The van der Waals surface area contributed by atoms with Gasteiger partial charge in [-0.2, -0.15) is 0 Å². The Morgan fingerprint density at radius 1 is 0.977 bits per heavy atom. The molecule has 2 heterocycles. The van der Waals surface area contributed by atoms with Crippen molar-refractivity contribution in [3.05, 3.63) is 151 Å². The van der Waals surface area contributed by atoms with Gasteiger partial charge in [-0.05, 0) is 111 Å². The fourth-order valence-corrected chi connectivity index (χ4v) is 8.86. The van der Waals surface area contributed by atoms with Crippen LogP contribution in [0, 0.1) is 7.14 Å². The predicted molar refractivity (Wildman–Crippen MR) is 188 cm³/mol. The van der Waals surface area contributed by atoms with E-state index >= 15 is 0 Å². The highest BCUT2D eigenvalue weighted by atomic mass is 127. The average molecular weight is 808 g/mol. The van der Waals surface area contributed by atoms with Crippen molar-refractivity contribution < 1.29 is 9.47 Å². The van der Waals surface area contributed by atoms with Gasteiger partial charge in [-0.15, -0.1) is 0 Å². The summed E-state index contributed by atoms with van der Waals surface area (Å²) in [5, 5.41) is 0. The minimum atomic E-state index is -0.238. The summed E-state index contributed by atoms with van der Waals surface area (Å²) in [6.07, 6.45) is 3.74. The first-order valence-corrected chi connectivity index (χ1v) is 16.9. The number of allylic oxidation sites excluding steroid dienone is 1. The molecule has 1 aromatic heterocycles. The van der Waals surface area contributed by atoms with Crippen LogP contribution in [-0.4, -0.2) is 11.7 Å². The van der Waals surface area contributed by atoms with Crippen LogP contribution in [0.15, 0.2) is 106 Å². The summed E-state index contributed by atoms with van der Waals surface area (Å²) in [5.41, 5.74) is 7.60. The second-order valence-electron chi connectivity index (χ2n) is 10.5. The maximum absolute atomic E-state index is 14.3. The van der Waals surface area contributed by atoms with Crippen molar-refractivity contribution in [3.8, 4) is 11.5 Å². The van der Waals surface area contributed by atoms with Gasteiger partial charge in [0.25, 0.3) is 5.56 Å². The van der Waals surface area contributed by atoms with Gasteiger partial charge in [0.05, 0.1) is 27.0 Å². The van der Waals surface area contributed by atoms with Gasteiger partial charge < -0.3 is 9.47 Å². The van der Waals surface area contributed by atoms with Crippen LogP contribution in [0.25, 0.3) is 11.8 Å². The number of ether oxygens (including phenoxy) is 2. The van der Waals surface area contributed by atoms with Crippen LogP contribution in [-0.2, 0) is 13.0 Å². The Hall–Kier alpha value is -3.22. The maximum atomic E-state index is 14.3. The van der Waals surface area contributed by atoms with E-state index < -0.39 is 0 Å². The SMILES string of the molecule is COc1ccc([C@@H]2C3=C(N=c4s/c(=C/c5cc(I)cc(I)c5OCc5ccccc5)c(=O)n42)c2ccccc2CC3)cc1. The lowest BCUT2D eigenvalue weighted by molar-refractivity contribution is 0.303. The number of thiazole rings is 1. The number of fused-ring (bicyclic) bond motifs is 3. The van der Waals surface area contributed by atoms with Crippen molar-refractivity contribution in [2.75, 3.05) is 7.11 Å². The summed E-state index contributed by atoms with van der Waals surface area (Å²) in [4.78, 5) is 20.2. The molecule has 8 heteroatoms. The summed E-state index contributed by atoms with van der Waals surface area (Å²) >= 11 is 6.07. The molecular weight excluding hydrogens is 782 g/mol. The molecule has 4 aromatic carbocycles. The summed E-state index contributed by atoms with van der Waals surface area (Å²) in [6.45, 7) is 0.448. The molecule has 2 aliphatic rings. The number of hydrogen-bond donors (Lipinski definition) is 0. The quantitative estimate of drug-likeness (QED) is 0.172. The number of aryl methyl sites for hydroxylation is 1. The standard InChI is InChI=1S/C35H26I2N2O3S/c1-41-26-14-11-23(12-15-26)32-28-16-13-22-9-5-6-10-27(22)31(28)38-35-39(32)34(40)30(43-35)18-24-17-25(36)19-29(37)33(24)42-20-21-7-3-2-4-8-21/h2-12,14-15,17-19,32H,13,16,20H2,1H3/b30-18+/t32-/m1/s1. The van der Waals surface area contributed by atoms with E-state index in [-0.39, 0.29) is 11.6 Å². The number of hydrogen-bond acceptors (Lipinski definition) is 5. The fraction of sp³-hybridized carbons (Fsp3) is 0.143. The Morgan fingerprint density at radius 3 is 2.53 bits per heavy atom. The highest BCUT2D eigenvalue weighted by molar-refractivity contribution is 14.1. The number of methoxy groups -OCH3 is 1. The third-order valence-corrected chi connectivity index (χ3v) is 10.3. The Bertz CT molecular complexity index is 2070. The molecule has 214 valence electrons. The van der Waals surface area contributed by atoms with Crippen molar-refractivity contribution in [3.63, 3.8) is 0 Å². The van der Waals surface area contributed by atoms with Gasteiger partial charge in [0.15, 0.2) is 4.80 Å². The smallest absolute Gasteiger partial charge is 0.271 e. The molecule has 0 bridgehead atoms. The Morgan fingerprint density at radius 2 is 1.74 bits per heavy atom. The molecule has 1 aliphatic heterocycles. The Labute approximate surface area is 280 Å². The third kappa shape index (κ3) is 5.49. The molecule has 7 rings (SSSR count). The summed E-state index contributed by atoms with van der Waals surface area (Å²) < 4.78 is 16.4. The van der Waals surface area contributed by atoms with E-state index in [0.29, 0.717) is 15.9 Å². The molecule has 0 spiro atoms. The van der Waals surface area contributed by atoms with Gasteiger partial charge >= 0.3 is 0 Å². The van der Waals surface area contributed by atoms with Crippen LogP contribution in [0.2, 0.25) is 0 Å². The van der Waals surface area contributed by atoms with Gasteiger partial charge in [0, 0.05) is 14.7 Å². The first-order valence-electron chi connectivity index (χ1n) is 13.9. The molecule has 1 atom stereocenters. The number of aromatic nitrogens is 1. The number of rotatable bonds is 6. The highest BCUT2D eigenvalue weighted by Gasteiger charge is 2.32. The normalized spacial score (nSPS) is 15.8. The average Bonchev–Trinajstić information content (AvgIpc) is 3.34. The zero-order chi connectivity index (χ0) is 29.5. The lowest BCUT2D eigenvalue weighted by atomic mass is 9.83. The molecule has 0 fully saturated rings. The van der Waals surface area contributed by atoms with E-state index in [1.807, 2.05) is 41.0 Å². The van der Waals surface area contributed by atoms with Crippen molar-refractivity contribution >= 4 is 68.3 Å². The second kappa shape index (κ2) is 12.0. The lowest BCUT2D eigenvalue weighted by Crippen LogP contribution is -2.38. The molecule has 0 unspecified atom stereocenters. The van der Waals surface area contributed by atoms with Crippen LogP contribution in [0.4, 0.5) is 0 Å². The second-order valence-corrected chi connectivity index (χ2v) is 13.9. The number of benzene rings is 4. The molecule has 1 aliphatic carbocycles. The minimum Gasteiger partial charge on any atom is -0.497 e. The van der Waals surface area contributed by atoms with E-state index in [1.54, 1.807) is 7.11 Å². The molecule has 0 amide bonds. The van der Waals surface area contributed by atoms with E-state index in [9.17, 15) is 4.79 Å². The summed E-state index contributed by atoms with van der Waals surface area (Å²) in [6, 6.07) is 30.6. The van der Waals surface area contributed by atoms with Crippen molar-refractivity contribution in [1.82, 2.24) is 4.57 Å². The Balaban J connectivity index is 1.40. The zero-order valence-corrected chi connectivity index (χ0v) is 28.4. The van der Waals surface area contributed by atoms with Crippen molar-refractivity contribution in [1.29, 1.82) is 0 Å². The topological polar surface area (TPSA) is 52.8 Å². The highest BCUT2D eigenvalue weighted by Crippen LogP contribution is 2.41. The van der Waals surface area contributed by atoms with E-state index in [1.165, 1.54) is 22.5 Å². The molecule has 0 radical (unpaired) electrons. The van der Waals surface area contributed by atoms with Gasteiger partial charge in [0.2, 0.25) is 0 Å². The summed E-state index contributed by atoms with van der Waals surface area (Å²) in [5.74, 6) is 1.56. The van der Waals surface area contributed by atoms with Crippen LogP contribution < -0.4 is 24.4 Å². The first-order chi connectivity index (χ1) is 21.0. The number of nitrogens with zero attached hydrogens (tertiary/aromatic N) is 2. The molecule has 0 N–H and O–H groups in total. The molecule has 43 heavy (non-hydrogen) atoms. The van der Waals surface area contributed by atoms with Gasteiger partial charge in [-0.3, -0.25) is 9.36 Å². The third-order valence-electron chi connectivity index (χ3n) is 7.85. The van der Waals surface area contributed by atoms with Crippen LogP contribution in [0.1, 0.15) is 40.3 Å². The predicted octanol–water partition coefficient (Wildman–Crippen LogP) is 7.12. The molecule has 5 aromatic rings. The molecule has 0 saturated heterocycles. The van der Waals surface area contributed by atoms with E-state index in [4.69, 9.17) is 14.5 Å². The van der Waals surface area contributed by atoms with Crippen LogP contribution >= 0.6 is 56.5 Å². The zero-order valence-electron chi connectivity index (χ0n) is 23.2. The first kappa shape index (κ1) is 28.5. The van der Waals surface area contributed by atoms with Gasteiger partial charge in [-0.25, -0.2) is 4.99 Å². The van der Waals surface area contributed by atoms with Gasteiger partial charge in [0.1, 0.15) is 18.1 Å². The largest absolute Gasteiger partial charge is 0.497 e. The van der Waals surface area contributed by atoms with Gasteiger partial charge in [-0.1, -0.05) is 78.1 Å². The lowest BCUT2D eigenvalue weighted by Gasteiger charge is -2.30. The van der Waals surface area contributed by atoms with E-state index in [2.05, 4.69) is 106 Å².